The van der Waals surface area contributed by atoms with Crippen molar-refractivity contribution in [1.29, 1.82) is 0 Å². The zero-order valence-electron chi connectivity index (χ0n) is 17.4. The molecule has 158 valence electrons. The summed E-state index contributed by atoms with van der Waals surface area (Å²) >= 11 is 0. The molecule has 4 nitrogen and oxygen atoms in total. The van der Waals surface area contributed by atoms with Gasteiger partial charge in [-0.05, 0) is 53.9 Å². The smallest absolute Gasteiger partial charge is 0.123 e. The molecule has 0 amide bonds. The summed E-state index contributed by atoms with van der Waals surface area (Å²) < 4.78 is 24.3. The van der Waals surface area contributed by atoms with Crippen LogP contribution in [-0.4, -0.2) is 36.4 Å². The van der Waals surface area contributed by atoms with E-state index in [4.69, 9.17) is 9.47 Å². The number of rotatable bonds is 10. The minimum absolute atomic E-state index is 0.202. The van der Waals surface area contributed by atoms with Crippen molar-refractivity contribution in [2.24, 2.45) is 0 Å². The molecular weight excluding hydrogens is 381 g/mol. The summed E-state index contributed by atoms with van der Waals surface area (Å²) in [6, 6.07) is 22.1. The Hall–Kier alpha value is -2.89. The summed E-state index contributed by atoms with van der Waals surface area (Å²) in [5.41, 5.74) is 3.12. The average molecular weight is 410 g/mol. The Balaban J connectivity index is 1.65. The molecular formula is C25H28FNO3. The lowest BCUT2D eigenvalue weighted by atomic mass is 10.1. The Morgan fingerprint density at radius 1 is 0.900 bits per heavy atom. The molecule has 0 aromatic heterocycles. The molecule has 0 saturated carbocycles. The highest BCUT2D eigenvalue weighted by atomic mass is 19.1. The van der Waals surface area contributed by atoms with Crippen molar-refractivity contribution in [1.82, 2.24) is 4.90 Å². The summed E-state index contributed by atoms with van der Waals surface area (Å²) in [7, 11) is 1.64. The molecule has 1 N–H and O–H groups in total. The molecule has 0 fully saturated rings. The van der Waals surface area contributed by atoms with Crippen molar-refractivity contribution in [2.75, 3.05) is 20.3 Å². The molecule has 5 heteroatoms. The number of aliphatic hydroxyl groups excluding tert-OH is 1. The standard InChI is InChI=1S/C25H28FNO3/c1-19-5-3-4-6-25(19)30-18-23(28)17-27(15-20-7-11-22(26)12-8-20)16-21-9-13-24(29-2)14-10-21/h3-14,23,28H,15-18H2,1-2H3. The van der Waals surface area contributed by atoms with E-state index in [1.807, 2.05) is 55.5 Å². The molecule has 3 aromatic carbocycles. The van der Waals surface area contributed by atoms with Gasteiger partial charge < -0.3 is 14.6 Å². The number of halogens is 1. The van der Waals surface area contributed by atoms with Crippen molar-refractivity contribution in [3.63, 3.8) is 0 Å². The zero-order valence-corrected chi connectivity index (χ0v) is 17.4. The van der Waals surface area contributed by atoms with Crippen molar-refractivity contribution < 1.29 is 19.0 Å². The molecule has 3 rings (SSSR count). The van der Waals surface area contributed by atoms with E-state index < -0.39 is 6.10 Å². The van der Waals surface area contributed by atoms with Crippen LogP contribution in [-0.2, 0) is 13.1 Å². The summed E-state index contributed by atoms with van der Waals surface area (Å²) in [4.78, 5) is 2.13. The number of ether oxygens (including phenoxy) is 2. The maximum atomic E-state index is 13.3. The van der Waals surface area contributed by atoms with Crippen LogP contribution in [0.3, 0.4) is 0 Å². The number of para-hydroxylation sites is 1. The Labute approximate surface area is 177 Å². The Morgan fingerprint density at radius 3 is 2.10 bits per heavy atom. The summed E-state index contributed by atoms with van der Waals surface area (Å²) in [5, 5.41) is 10.6. The van der Waals surface area contributed by atoms with Crippen molar-refractivity contribution in [3.05, 3.63) is 95.3 Å². The summed E-state index contributed by atoms with van der Waals surface area (Å²) in [6.07, 6.45) is -0.664. The lowest BCUT2D eigenvalue weighted by Gasteiger charge is -2.25. The monoisotopic (exact) mass is 409 g/mol. The van der Waals surface area contributed by atoms with E-state index in [1.165, 1.54) is 12.1 Å². The minimum atomic E-state index is -0.664. The van der Waals surface area contributed by atoms with Crippen LogP contribution in [0.2, 0.25) is 0 Å². The van der Waals surface area contributed by atoms with E-state index in [1.54, 1.807) is 19.2 Å². The molecule has 0 aliphatic carbocycles. The fraction of sp³-hybridized carbons (Fsp3) is 0.280. The highest BCUT2D eigenvalue weighted by molar-refractivity contribution is 5.31. The van der Waals surface area contributed by atoms with Gasteiger partial charge in [0, 0.05) is 19.6 Å². The number of aryl methyl sites for hydroxylation is 1. The largest absolute Gasteiger partial charge is 0.497 e. The van der Waals surface area contributed by atoms with E-state index in [0.717, 1.165) is 28.2 Å². The first-order valence-electron chi connectivity index (χ1n) is 9.99. The summed E-state index contributed by atoms with van der Waals surface area (Å²) in [5.74, 6) is 1.32. The number of methoxy groups -OCH3 is 1. The first kappa shape index (κ1) is 21.8. The van der Waals surface area contributed by atoms with Crippen LogP contribution >= 0.6 is 0 Å². The predicted octanol–water partition coefficient (Wildman–Crippen LogP) is 4.58. The van der Waals surface area contributed by atoms with Gasteiger partial charge in [-0.2, -0.15) is 0 Å². The van der Waals surface area contributed by atoms with Crippen LogP contribution in [0.4, 0.5) is 4.39 Å². The molecule has 3 aromatic rings. The third kappa shape index (κ3) is 6.58. The first-order chi connectivity index (χ1) is 14.5. The molecule has 1 atom stereocenters. The minimum Gasteiger partial charge on any atom is -0.497 e. The fourth-order valence-electron chi connectivity index (χ4n) is 3.28. The lowest BCUT2D eigenvalue weighted by molar-refractivity contribution is 0.0626. The van der Waals surface area contributed by atoms with Gasteiger partial charge in [0.2, 0.25) is 0 Å². The second-order valence-corrected chi connectivity index (χ2v) is 7.37. The van der Waals surface area contributed by atoms with Gasteiger partial charge >= 0.3 is 0 Å². The second-order valence-electron chi connectivity index (χ2n) is 7.37. The highest BCUT2D eigenvalue weighted by Crippen LogP contribution is 2.18. The molecule has 30 heavy (non-hydrogen) atoms. The van der Waals surface area contributed by atoms with Gasteiger partial charge in [0.25, 0.3) is 0 Å². The molecule has 0 heterocycles. The zero-order chi connectivity index (χ0) is 21.3. The number of aliphatic hydroxyl groups is 1. The molecule has 0 spiro atoms. The first-order valence-corrected chi connectivity index (χ1v) is 9.99. The Kier molecular flexibility index (Phi) is 7.82. The van der Waals surface area contributed by atoms with Crippen LogP contribution in [0.1, 0.15) is 16.7 Å². The van der Waals surface area contributed by atoms with Crippen molar-refractivity contribution >= 4 is 0 Å². The Bertz CT molecular complexity index is 912. The van der Waals surface area contributed by atoms with Crippen LogP contribution in [0.5, 0.6) is 11.5 Å². The van der Waals surface area contributed by atoms with E-state index >= 15 is 0 Å². The number of nitrogens with zero attached hydrogens (tertiary/aromatic N) is 1. The molecule has 0 aliphatic heterocycles. The fourth-order valence-corrected chi connectivity index (χ4v) is 3.28. The van der Waals surface area contributed by atoms with Gasteiger partial charge in [-0.15, -0.1) is 0 Å². The van der Waals surface area contributed by atoms with Crippen LogP contribution in [0.15, 0.2) is 72.8 Å². The van der Waals surface area contributed by atoms with Gasteiger partial charge in [0.1, 0.15) is 30.0 Å². The van der Waals surface area contributed by atoms with Gasteiger partial charge in [-0.1, -0.05) is 42.5 Å². The molecule has 1 unspecified atom stereocenters. The van der Waals surface area contributed by atoms with Gasteiger partial charge in [0.15, 0.2) is 0 Å². The van der Waals surface area contributed by atoms with Gasteiger partial charge in [-0.25, -0.2) is 4.39 Å². The molecule has 0 bridgehead atoms. The van der Waals surface area contributed by atoms with Gasteiger partial charge in [0.05, 0.1) is 7.11 Å². The SMILES string of the molecule is COc1ccc(CN(Cc2ccc(F)cc2)CC(O)COc2ccccc2C)cc1. The highest BCUT2D eigenvalue weighted by Gasteiger charge is 2.15. The Morgan fingerprint density at radius 2 is 1.50 bits per heavy atom. The average Bonchev–Trinajstić information content (AvgIpc) is 2.75. The predicted molar refractivity (Wildman–Crippen MR) is 116 cm³/mol. The molecule has 0 saturated heterocycles. The van der Waals surface area contributed by atoms with Crippen molar-refractivity contribution in [2.45, 2.75) is 26.1 Å². The van der Waals surface area contributed by atoms with Crippen molar-refractivity contribution in [3.8, 4) is 11.5 Å². The maximum Gasteiger partial charge on any atom is 0.123 e. The lowest BCUT2D eigenvalue weighted by Crippen LogP contribution is -2.35. The third-order valence-electron chi connectivity index (χ3n) is 4.88. The number of benzene rings is 3. The molecule has 0 aliphatic rings. The topological polar surface area (TPSA) is 41.9 Å². The normalized spacial score (nSPS) is 12.0. The molecule has 0 radical (unpaired) electrons. The van der Waals surface area contributed by atoms with Crippen LogP contribution in [0, 0.1) is 12.7 Å². The summed E-state index contributed by atoms with van der Waals surface area (Å²) in [6.45, 7) is 3.84. The van der Waals surface area contributed by atoms with E-state index in [0.29, 0.717) is 19.6 Å². The van der Waals surface area contributed by atoms with E-state index in [-0.39, 0.29) is 12.4 Å². The maximum absolute atomic E-state index is 13.3. The van der Waals surface area contributed by atoms with E-state index in [2.05, 4.69) is 4.90 Å². The second kappa shape index (κ2) is 10.8. The van der Waals surface area contributed by atoms with Crippen LogP contribution < -0.4 is 9.47 Å². The van der Waals surface area contributed by atoms with E-state index in [9.17, 15) is 9.50 Å². The number of hydrogen-bond acceptors (Lipinski definition) is 4. The van der Waals surface area contributed by atoms with Gasteiger partial charge in [-0.3, -0.25) is 4.90 Å². The third-order valence-corrected chi connectivity index (χ3v) is 4.88. The van der Waals surface area contributed by atoms with Crippen LogP contribution in [0.25, 0.3) is 0 Å². The quantitative estimate of drug-likeness (QED) is 0.532. The number of hydrogen-bond donors (Lipinski definition) is 1.